The Morgan fingerprint density at radius 1 is 1.04 bits per heavy atom. The summed E-state index contributed by atoms with van der Waals surface area (Å²) in [7, 11) is 1.35. The van der Waals surface area contributed by atoms with Gasteiger partial charge in [0.25, 0.3) is 5.91 Å². The summed E-state index contributed by atoms with van der Waals surface area (Å²) >= 11 is 0. The van der Waals surface area contributed by atoms with E-state index in [1.807, 2.05) is 35.2 Å². The maximum Gasteiger partial charge on any atom is 0.341 e. The van der Waals surface area contributed by atoms with Gasteiger partial charge in [-0.05, 0) is 24.3 Å². The predicted octanol–water partition coefficient (Wildman–Crippen LogP) is 1.57. The summed E-state index contributed by atoms with van der Waals surface area (Å²) in [6.07, 6.45) is 1.64. The molecule has 1 aromatic heterocycles. The van der Waals surface area contributed by atoms with Crippen LogP contribution in [-0.2, 0) is 9.53 Å². The van der Waals surface area contributed by atoms with Crippen LogP contribution in [0.5, 0.6) is 0 Å². The highest BCUT2D eigenvalue weighted by Crippen LogP contribution is 2.19. The van der Waals surface area contributed by atoms with Crippen LogP contribution in [0.4, 0.5) is 5.82 Å². The molecular weight excluding hydrogens is 330 g/mol. The second-order valence-corrected chi connectivity index (χ2v) is 5.76. The van der Waals surface area contributed by atoms with Crippen LogP contribution in [0.1, 0.15) is 15.9 Å². The summed E-state index contributed by atoms with van der Waals surface area (Å²) in [6, 6.07) is 12.8. The van der Waals surface area contributed by atoms with Crippen LogP contribution in [0.25, 0.3) is 0 Å². The zero-order valence-corrected chi connectivity index (χ0v) is 14.5. The summed E-state index contributed by atoms with van der Waals surface area (Å²) in [5.41, 5.74) is 1.24. The van der Waals surface area contributed by atoms with E-state index in [-0.39, 0.29) is 5.91 Å². The van der Waals surface area contributed by atoms with E-state index >= 15 is 0 Å². The number of nitrogens with zero attached hydrogens (tertiary/aromatic N) is 3. The monoisotopic (exact) mass is 349 g/mol. The molecule has 6 nitrogen and oxygen atoms in total. The van der Waals surface area contributed by atoms with Crippen molar-refractivity contribution < 1.29 is 14.3 Å². The van der Waals surface area contributed by atoms with Gasteiger partial charge in [-0.25, -0.2) is 9.78 Å². The van der Waals surface area contributed by atoms with Crippen LogP contribution in [0.15, 0.2) is 48.7 Å². The van der Waals surface area contributed by atoms with Crippen LogP contribution in [-0.4, -0.2) is 55.0 Å². The molecule has 1 fully saturated rings. The topological polar surface area (TPSA) is 62.7 Å². The number of esters is 1. The lowest BCUT2D eigenvalue weighted by Crippen LogP contribution is -2.49. The van der Waals surface area contributed by atoms with Gasteiger partial charge in [-0.2, -0.15) is 0 Å². The van der Waals surface area contributed by atoms with E-state index in [4.69, 9.17) is 4.74 Å². The second-order valence-electron chi connectivity index (χ2n) is 5.76. The number of methoxy groups -OCH3 is 1. The van der Waals surface area contributed by atoms with Crippen molar-refractivity contribution >= 4 is 17.7 Å². The average molecular weight is 349 g/mol. The molecule has 6 heteroatoms. The van der Waals surface area contributed by atoms with Crippen molar-refractivity contribution in [3.63, 3.8) is 0 Å². The van der Waals surface area contributed by atoms with Crippen molar-refractivity contribution in [2.45, 2.75) is 0 Å². The smallest absolute Gasteiger partial charge is 0.341 e. The molecule has 1 amide bonds. The Labute approximate surface area is 152 Å². The van der Waals surface area contributed by atoms with Gasteiger partial charge in [-0.1, -0.05) is 24.1 Å². The van der Waals surface area contributed by atoms with Gasteiger partial charge in [0.1, 0.15) is 11.4 Å². The number of piperazine rings is 1. The Morgan fingerprint density at radius 2 is 1.77 bits per heavy atom. The molecule has 26 heavy (non-hydrogen) atoms. The Balaban J connectivity index is 1.64. The molecule has 0 atom stereocenters. The number of ether oxygens (including phenoxy) is 1. The van der Waals surface area contributed by atoms with Gasteiger partial charge in [0.2, 0.25) is 0 Å². The lowest BCUT2D eigenvalue weighted by Gasteiger charge is -2.35. The van der Waals surface area contributed by atoms with E-state index < -0.39 is 5.97 Å². The lowest BCUT2D eigenvalue weighted by atomic mass is 10.2. The van der Waals surface area contributed by atoms with E-state index in [1.54, 1.807) is 23.2 Å². The summed E-state index contributed by atoms with van der Waals surface area (Å²) < 4.78 is 4.81. The van der Waals surface area contributed by atoms with Crippen molar-refractivity contribution in [2.75, 3.05) is 38.2 Å². The van der Waals surface area contributed by atoms with E-state index in [0.717, 1.165) is 5.56 Å². The zero-order chi connectivity index (χ0) is 18.4. The van der Waals surface area contributed by atoms with Gasteiger partial charge in [0.05, 0.1) is 7.11 Å². The van der Waals surface area contributed by atoms with Gasteiger partial charge in [0, 0.05) is 43.9 Å². The first-order chi connectivity index (χ1) is 12.7. The van der Waals surface area contributed by atoms with Gasteiger partial charge in [-0.15, -0.1) is 0 Å². The molecule has 0 bridgehead atoms. The first-order valence-corrected chi connectivity index (χ1v) is 8.33. The van der Waals surface area contributed by atoms with E-state index in [0.29, 0.717) is 37.6 Å². The third-order valence-corrected chi connectivity index (χ3v) is 4.15. The SMILES string of the molecule is COC(=O)c1cccnc1N1CCN(C(=O)C#Cc2ccccc2)CC1. The van der Waals surface area contributed by atoms with Crippen LogP contribution in [0.3, 0.4) is 0 Å². The first kappa shape index (κ1) is 17.5. The Hall–Kier alpha value is -3.33. The third kappa shape index (κ3) is 4.01. The maximum absolute atomic E-state index is 12.3. The Morgan fingerprint density at radius 3 is 2.46 bits per heavy atom. The Kier molecular flexibility index (Phi) is 5.49. The molecule has 1 aliphatic heterocycles. The average Bonchev–Trinajstić information content (AvgIpc) is 2.72. The van der Waals surface area contributed by atoms with Gasteiger partial charge >= 0.3 is 5.97 Å². The molecule has 0 aliphatic carbocycles. The van der Waals surface area contributed by atoms with Crippen LogP contribution in [0, 0.1) is 11.8 Å². The molecule has 0 spiro atoms. The summed E-state index contributed by atoms with van der Waals surface area (Å²) in [5, 5.41) is 0. The third-order valence-electron chi connectivity index (χ3n) is 4.15. The highest BCUT2D eigenvalue weighted by atomic mass is 16.5. The summed E-state index contributed by atoms with van der Waals surface area (Å²) in [6.45, 7) is 2.22. The van der Waals surface area contributed by atoms with Crippen LogP contribution >= 0.6 is 0 Å². The van der Waals surface area contributed by atoms with Gasteiger partial charge < -0.3 is 14.5 Å². The van der Waals surface area contributed by atoms with Crippen molar-refractivity contribution in [1.29, 1.82) is 0 Å². The van der Waals surface area contributed by atoms with Crippen molar-refractivity contribution in [3.8, 4) is 11.8 Å². The fraction of sp³-hybridized carbons (Fsp3) is 0.250. The molecule has 2 aromatic rings. The summed E-state index contributed by atoms with van der Waals surface area (Å²) in [4.78, 5) is 32.2. The normalized spacial score (nSPS) is 13.6. The van der Waals surface area contributed by atoms with Crippen molar-refractivity contribution in [1.82, 2.24) is 9.88 Å². The minimum absolute atomic E-state index is 0.192. The van der Waals surface area contributed by atoms with Crippen molar-refractivity contribution in [2.24, 2.45) is 0 Å². The largest absolute Gasteiger partial charge is 0.465 e. The fourth-order valence-corrected chi connectivity index (χ4v) is 2.77. The highest BCUT2D eigenvalue weighted by Gasteiger charge is 2.24. The molecule has 1 saturated heterocycles. The molecule has 0 unspecified atom stereocenters. The summed E-state index contributed by atoms with van der Waals surface area (Å²) in [5.74, 6) is 5.56. The van der Waals surface area contributed by atoms with Gasteiger partial charge in [-0.3, -0.25) is 4.79 Å². The van der Waals surface area contributed by atoms with Crippen LogP contribution in [0.2, 0.25) is 0 Å². The predicted molar refractivity (Wildman–Crippen MR) is 97.7 cm³/mol. The molecule has 0 N–H and O–H groups in total. The minimum atomic E-state index is -0.416. The molecule has 0 saturated carbocycles. The molecule has 0 radical (unpaired) electrons. The Bertz CT molecular complexity index is 847. The molecule has 132 valence electrons. The number of anilines is 1. The number of rotatable bonds is 2. The molecule has 1 aliphatic rings. The van der Waals surface area contributed by atoms with Crippen LogP contribution < -0.4 is 4.90 Å². The molecule has 2 heterocycles. The first-order valence-electron chi connectivity index (χ1n) is 8.33. The number of pyridine rings is 1. The van der Waals surface area contributed by atoms with Crippen molar-refractivity contribution in [3.05, 3.63) is 59.8 Å². The number of hydrogen-bond donors (Lipinski definition) is 0. The van der Waals surface area contributed by atoms with E-state index in [2.05, 4.69) is 16.8 Å². The van der Waals surface area contributed by atoms with E-state index in [9.17, 15) is 9.59 Å². The quantitative estimate of drug-likeness (QED) is 0.608. The number of carbonyl (C=O) groups is 2. The van der Waals surface area contributed by atoms with E-state index in [1.165, 1.54) is 7.11 Å². The van der Waals surface area contributed by atoms with Gasteiger partial charge in [0.15, 0.2) is 0 Å². The highest BCUT2D eigenvalue weighted by molar-refractivity contribution is 5.95. The number of aromatic nitrogens is 1. The molecule has 3 rings (SSSR count). The lowest BCUT2D eigenvalue weighted by molar-refractivity contribution is -0.125. The number of benzene rings is 1. The number of amides is 1. The number of carbonyl (C=O) groups excluding carboxylic acids is 2. The molecule has 1 aromatic carbocycles. The number of hydrogen-bond acceptors (Lipinski definition) is 5. The molecular formula is C20H19N3O3. The second kappa shape index (κ2) is 8.17. The maximum atomic E-state index is 12.3. The minimum Gasteiger partial charge on any atom is -0.465 e. The fourth-order valence-electron chi connectivity index (χ4n) is 2.77. The zero-order valence-electron chi connectivity index (χ0n) is 14.5. The standard InChI is InChI=1S/C20H19N3O3/c1-26-20(25)17-8-5-11-21-19(17)23-14-12-22(13-15-23)18(24)10-9-16-6-3-2-4-7-16/h2-8,11H,12-15H2,1H3.